The third-order valence-corrected chi connectivity index (χ3v) is 4.40. The first-order chi connectivity index (χ1) is 8.76. The Morgan fingerprint density at radius 3 is 2.72 bits per heavy atom. The van der Waals surface area contributed by atoms with Gasteiger partial charge in [0.05, 0.1) is 5.41 Å². The highest BCUT2D eigenvalue weighted by Crippen LogP contribution is 2.44. The summed E-state index contributed by atoms with van der Waals surface area (Å²) in [6.45, 7) is 2.82. The first-order valence-electron chi connectivity index (χ1n) is 6.45. The average Bonchev–Trinajstić information content (AvgIpc) is 2.66. The first kappa shape index (κ1) is 12.0. The van der Waals surface area contributed by atoms with Crippen LogP contribution in [0, 0.1) is 0 Å². The van der Waals surface area contributed by atoms with E-state index in [1.165, 1.54) is 5.56 Å². The molecule has 0 atom stereocenters. The van der Waals surface area contributed by atoms with Crippen LogP contribution in [0.25, 0.3) is 0 Å². The van der Waals surface area contributed by atoms with Gasteiger partial charge in [-0.3, -0.25) is 4.79 Å². The van der Waals surface area contributed by atoms with Gasteiger partial charge in [-0.1, -0.05) is 18.2 Å². The van der Waals surface area contributed by atoms with E-state index < -0.39 is 0 Å². The number of alkyl halides is 1. The van der Waals surface area contributed by atoms with Crippen LogP contribution in [0.5, 0.6) is 0 Å². The van der Waals surface area contributed by atoms with Crippen molar-refractivity contribution >= 4 is 23.2 Å². The van der Waals surface area contributed by atoms with Gasteiger partial charge in [0.2, 0.25) is 5.91 Å². The van der Waals surface area contributed by atoms with Gasteiger partial charge in [-0.15, -0.1) is 11.6 Å². The van der Waals surface area contributed by atoms with Gasteiger partial charge in [0.15, 0.2) is 0 Å². The second kappa shape index (κ2) is 4.56. The minimum atomic E-state index is -0.292. The van der Waals surface area contributed by atoms with Crippen molar-refractivity contribution in [1.29, 1.82) is 0 Å². The summed E-state index contributed by atoms with van der Waals surface area (Å²) in [5, 5.41) is 3.02. The SMILES string of the molecule is O=C1Nc2ccccc2C12CCN(CCCl)CC2. The molecule has 0 bridgehead atoms. The highest BCUT2D eigenvalue weighted by molar-refractivity contribution is 6.18. The van der Waals surface area contributed by atoms with Crippen molar-refractivity contribution in [1.82, 2.24) is 4.90 Å². The highest BCUT2D eigenvalue weighted by Gasteiger charge is 2.47. The van der Waals surface area contributed by atoms with Gasteiger partial charge >= 0.3 is 0 Å². The number of carbonyl (C=O) groups is 1. The van der Waals surface area contributed by atoms with Gasteiger partial charge < -0.3 is 10.2 Å². The van der Waals surface area contributed by atoms with Crippen LogP contribution in [0.15, 0.2) is 24.3 Å². The molecule has 1 fully saturated rings. The molecule has 4 heteroatoms. The summed E-state index contributed by atoms with van der Waals surface area (Å²) in [5.41, 5.74) is 1.88. The maximum atomic E-state index is 12.3. The fraction of sp³-hybridized carbons (Fsp3) is 0.500. The van der Waals surface area contributed by atoms with Crippen molar-refractivity contribution in [2.45, 2.75) is 18.3 Å². The van der Waals surface area contributed by atoms with Gasteiger partial charge in [-0.2, -0.15) is 0 Å². The molecule has 1 N–H and O–H groups in total. The first-order valence-corrected chi connectivity index (χ1v) is 6.99. The lowest BCUT2D eigenvalue weighted by molar-refractivity contribution is -0.122. The van der Waals surface area contributed by atoms with Crippen LogP contribution >= 0.6 is 11.6 Å². The summed E-state index contributed by atoms with van der Waals surface area (Å²) in [7, 11) is 0. The third kappa shape index (κ3) is 1.73. The normalized spacial score (nSPS) is 21.9. The van der Waals surface area contributed by atoms with Crippen molar-refractivity contribution in [3.63, 3.8) is 0 Å². The quantitative estimate of drug-likeness (QED) is 0.831. The van der Waals surface area contributed by atoms with Crippen molar-refractivity contribution in [2.75, 3.05) is 30.8 Å². The Bertz CT molecular complexity index is 467. The van der Waals surface area contributed by atoms with E-state index >= 15 is 0 Å². The number of piperidine rings is 1. The molecule has 0 saturated carbocycles. The van der Waals surface area contributed by atoms with E-state index in [2.05, 4.69) is 16.3 Å². The number of hydrogen-bond donors (Lipinski definition) is 1. The Balaban J connectivity index is 1.86. The fourth-order valence-electron chi connectivity index (χ4n) is 3.15. The molecule has 2 aliphatic heterocycles. The number of nitrogens with one attached hydrogen (secondary N) is 1. The number of amides is 1. The van der Waals surface area contributed by atoms with Gasteiger partial charge in [-0.25, -0.2) is 0 Å². The standard InChI is InChI=1S/C14H17ClN2O/c15-7-10-17-8-5-14(6-9-17)11-3-1-2-4-12(11)16-13(14)18/h1-4H,5-10H2,(H,16,18). The molecule has 1 spiro atoms. The Hall–Kier alpha value is -1.06. The van der Waals surface area contributed by atoms with Crippen molar-refractivity contribution in [2.24, 2.45) is 0 Å². The summed E-state index contributed by atoms with van der Waals surface area (Å²) >= 11 is 5.77. The summed E-state index contributed by atoms with van der Waals surface area (Å²) in [5.74, 6) is 0.838. The molecular formula is C14H17ClN2O. The van der Waals surface area contributed by atoms with E-state index in [-0.39, 0.29) is 11.3 Å². The molecule has 2 aliphatic rings. The lowest BCUT2D eigenvalue weighted by atomic mass is 9.74. The molecule has 2 heterocycles. The molecule has 1 aromatic carbocycles. The largest absolute Gasteiger partial charge is 0.325 e. The van der Waals surface area contributed by atoms with Gasteiger partial charge in [0.1, 0.15) is 0 Å². The number of likely N-dealkylation sites (tertiary alicyclic amines) is 1. The van der Waals surface area contributed by atoms with E-state index in [0.29, 0.717) is 5.88 Å². The third-order valence-electron chi connectivity index (χ3n) is 4.24. The summed E-state index contributed by atoms with van der Waals surface area (Å²) in [4.78, 5) is 14.7. The van der Waals surface area contributed by atoms with Crippen molar-refractivity contribution in [3.8, 4) is 0 Å². The number of benzene rings is 1. The molecule has 1 saturated heterocycles. The van der Waals surface area contributed by atoms with E-state index in [9.17, 15) is 4.79 Å². The summed E-state index contributed by atoms with van der Waals surface area (Å²) < 4.78 is 0. The molecule has 1 aromatic rings. The molecular weight excluding hydrogens is 248 g/mol. The summed E-state index contributed by atoms with van der Waals surface area (Å²) in [6.07, 6.45) is 1.79. The highest BCUT2D eigenvalue weighted by atomic mass is 35.5. The number of halogens is 1. The number of nitrogens with zero attached hydrogens (tertiary/aromatic N) is 1. The Labute approximate surface area is 112 Å². The molecule has 96 valence electrons. The Morgan fingerprint density at radius 1 is 1.28 bits per heavy atom. The number of carbonyl (C=O) groups excluding carboxylic acids is 1. The Kier molecular flexibility index (Phi) is 3.04. The predicted molar refractivity (Wildman–Crippen MR) is 73.1 cm³/mol. The van der Waals surface area contributed by atoms with E-state index in [0.717, 1.165) is 38.2 Å². The monoisotopic (exact) mass is 264 g/mol. The number of para-hydroxylation sites is 1. The molecule has 0 radical (unpaired) electrons. The molecule has 0 aliphatic carbocycles. The van der Waals surface area contributed by atoms with Crippen LogP contribution in [0.2, 0.25) is 0 Å². The van der Waals surface area contributed by atoms with E-state index in [4.69, 9.17) is 11.6 Å². The minimum absolute atomic E-state index is 0.175. The van der Waals surface area contributed by atoms with Crippen LogP contribution < -0.4 is 5.32 Å². The van der Waals surface area contributed by atoms with Crippen LogP contribution in [-0.4, -0.2) is 36.3 Å². The topological polar surface area (TPSA) is 32.3 Å². The van der Waals surface area contributed by atoms with E-state index in [1.807, 2.05) is 18.2 Å². The smallest absolute Gasteiger partial charge is 0.235 e. The number of anilines is 1. The second-order valence-corrected chi connectivity index (χ2v) is 5.49. The molecule has 0 aromatic heterocycles. The van der Waals surface area contributed by atoms with Crippen molar-refractivity contribution in [3.05, 3.63) is 29.8 Å². The zero-order valence-electron chi connectivity index (χ0n) is 10.3. The van der Waals surface area contributed by atoms with Crippen LogP contribution in [-0.2, 0) is 10.2 Å². The zero-order chi connectivity index (χ0) is 12.6. The second-order valence-electron chi connectivity index (χ2n) is 5.11. The van der Waals surface area contributed by atoms with Gasteiger partial charge in [0.25, 0.3) is 0 Å². The molecule has 3 nitrogen and oxygen atoms in total. The fourth-order valence-corrected chi connectivity index (χ4v) is 3.39. The minimum Gasteiger partial charge on any atom is -0.325 e. The lowest BCUT2D eigenvalue weighted by Crippen LogP contribution is -2.46. The van der Waals surface area contributed by atoms with Gasteiger partial charge in [-0.05, 0) is 37.6 Å². The maximum absolute atomic E-state index is 12.3. The predicted octanol–water partition coefficient (Wildman–Crippen LogP) is 2.21. The lowest BCUT2D eigenvalue weighted by Gasteiger charge is -2.37. The number of fused-ring (bicyclic) bond motifs is 2. The maximum Gasteiger partial charge on any atom is 0.235 e. The number of rotatable bonds is 2. The Morgan fingerprint density at radius 2 is 2.00 bits per heavy atom. The average molecular weight is 265 g/mol. The number of hydrogen-bond acceptors (Lipinski definition) is 2. The summed E-state index contributed by atoms with van der Waals surface area (Å²) in [6, 6.07) is 8.07. The molecule has 1 amide bonds. The van der Waals surface area contributed by atoms with Crippen LogP contribution in [0.4, 0.5) is 5.69 Å². The van der Waals surface area contributed by atoms with Crippen LogP contribution in [0.1, 0.15) is 18.4 Å². The molecule has 0 unspecified atom stereocenters. The zero-order valence-corrected chi connectivity index (χ0v) is 11.0. The van der Waals surface area contributed by atoms with E-state index in [1.54, 1.807) is 0 Å². The van der Waals surface area contributed by atoms with Crippen LogP contribution in [0.3, 0.4) is 0 Å². The molecule has 18 heavy (non-hydrogen) atoms. The van der Waals surface area contributed by atoms with Gasteiger partial charge in [0, 0.05) is 18.1 Å². The molecule has 3 rings (SSSR count). The van der Waals surface area contributed by atoms with Crippen molar-refractivity contribution < 1.29 is 4.79 Å².